The predicted molar refractivity (Wildman–Crippen MR) is 87.1 cm³/mol. The Balaban J connectivity index is 1.61. The highest BCUT2D eigenvalue weighted by Gasteiger charge is 2.16. The first-order valence-corrected chi connectivity index (χ1v) is 8.24. The molecule has 108 valence electrons. The van der Waals surface area contributed by atoms with E-state index in [4.69, 9.17) is 4.74 Å². The molecule has 5 heteroatoms. The zero-order valence-corrected chi connectivity index (χ0v) is 12.7. The molecule has 2 heterocycles. The molecule has 3 rings (SSSR count). The molecule has 1 aromatic rings. The monoisotopic (exact) mass is 291 g/mol. The van der Waals surface area contributed by atoms with E-state index in [9.17, 15) is 0 Å². The van der Waals surface area contributed by atoms with Crippen LogP contribution in [-0.4, -0.2) is 43.3 Å². The van der Waals surface area contributed by atoms with Crippen molar-refractivity contribution >= 4 is 28.3 Å². The predicted octanol–water partition coefficient (Wildman–Crippen LogP) is 2.82. The highest BCUT2D eigenvalue weighted by molar-refractivity contribution is 8.14. The average Bonchev–Trinajstić information content (AvgIpc) is 2.97. The first-order chi connectivity index (χ1) is 9.85. The van der Waals surface area contributed by atoms with Crippen LogP contribution in [0.15, 0.2) is 29.3 Å². The van der Waals surface area contributed by atoms with E-state index in [0.717, 1.165) is 49.3 Å². The van der Waals surface area contributed by atoms with E-state index in [0.29, 0.717) is 6.04 Å². The van der Waals surface area contributed by atoms with Crippen molar-refractivity contribution in [2.75, 3.05) is 42.3 Å². The smallest absolute Gasteiger partial charge is 0.161 e. The van der Waals surface area contributed by atoms with Gasteiger partial charge in [-0.1, -0.05) is 18.7 Å². The van der Waals surface area contributed by atoms with Gasteiger partial charge in [0, 0.05) is 30.2 Å². The van der Waals surface area contributed by atoms with Gasteiger partial charge in [0.05, 0.1) is 19.3 Å². The van der Waals surface area contributed by atoms with Crippen LogP contribution < -0.4 is 10.2 Å². The average molecular weight is 291 g/mol. The fourth-order valence-corrected chi connectivity index (χ4v) is 3.47. The Kier molecular flexibility index (Phi) is 4.47. The number of anilines is 2. The van der Waals surface area contributed by atoms with Gasteiger partial charge in [0.1, 0.15) is 0 Å². The summed E-state index contributed by atoms with van der Waals surface area (Å²) in [5.74, 6) is 1.10. The van der Waals surface area contributed by atoms with Gasteiger partial charge in [0.25, 0.3) is 0 Å². The third-order valence-corrected chi connectivity index (χ3v) is 4.71. The second-order valence-electron chi connectivity index (χ2n) is 5.08. The molecule has 0 aromatic heterocycles. The van der Waals surface area contributed by atoms with E-state index in [-0.39, 0.29) is 0 Å². The van der Waals surface area contributed by atoms with E-state index in [2.05, 4.69) is 46.4 Å². The number of nitrogens with one attached hydrogen (secondary N) is 1. The van der Waals surface area contributed by atoms with Crippen LogP contribution in [0.3, 0.4) is 0 Å². The molecule has 0 spiro atoms. The van der Waals surface area contributed by atoms with Crippen molar-refractivity contribution in [2.24, 2.45) is 4.99 Å². The van der Waals surface area contributed by atoms with E-state index in [1.54, 1.807) is 0 Å². The molecule has 1 fully saturated rings. The number of rotatable bonds is 3. The zero-order chi connectivity index (χ0) is 13.8. The van der Waals surface area contributed by atoms with Crippen LogP contribution in [0, 0.1) is 0 Å². The molecule has 0 amide bonds. The summed E-state index contributed by atoms with van der Waals surface area (Å²) in [7, 11) is 0. The molecule has 0 saturated carbocycles. The molecule has 1 N–H and O–H groups in total. The van der Waals surface area contributed by atoms with Crippen molar-refractivity contribution in [3.63, 3.8) is 0 Å². The number of hydrogen-bond donors (Lipinski definition) is 1. The lowest BCUT2D eigenvalue weighted by atomic mass is 10.2. The highest BCUT2D eigenvalue weighted by Crippen LogP contribution is 2.23. The summed E-state index contributed by atoms with van der Waals surface area (Å²) in [5.41, 5.74) is 2.39. The van der Waals surface area contributed by atoms with Gasteiger partial charge >= 0.3 is 0 Å². The van der Waals surface area contributed by atoms with Gasteiger partial charge in [0.2, 0.25) is 0 Å². The third kappa shape index (κ3) is 3.27. The zero-order valence-electron chi connectivity index (χ0n) is 11.8. The van der Waals surface area contributed by atoms with E-state index in [1.807, 2.05) is 11.8 Å². The standard InChI is InChI=1S/C15H21N3OS/c1-2-12-11-20-15(16-12)17-13-3-5-14(6-4-13)18-7-9-19-10-8-18/h3-6,12H,2,7-11H2,1H3,(H,16,17). The minimum atomic E-state index is 0.482. The molecular weight excluding hydrogens is 270 g/mol. The van der Waals surface area contributed by atoms with Gasteiger partial charge in [0.15, 0.2) is 5.17 Å². The van der Waals surface area contributed by atoms with Crippen LogP contribution in [0.5, 0.6) is 0 Å². The van der Waals surface area contributed by atoms with Crippen LogP contribution >= 0.6 is 11.8 Å². The maximum absolute atomic E-state index is 5.38. The molecule has 1 saturated heterocycles. The van der Waals surface area contributed by atoms with Crippen molar-refractivity contribution in [1.29, 1.82) is 0 Å². The van der Waals surface area contributed by atoms with Gasteiger partial charge in [-0.3, -0.25) is 4.99 Å². The van der Waals surface area contributed by atoms with E-state index < -0.39 is 0 Å². The van der Waals surface area contributed by atoms with Crippen LogP contribution in [0.2, 0.25) is 0 Å². The Morgan fingerprint density at radius 2 is 2.05 bits per heavy atom. The quantitative estimate of drug-likeness (QED) is 0.929. The van der Waals surface area contributed by atoms with Gasteiger partial charge in [-0.05, 0) is 30.7 Å². The molecule has 1 unspecified atom stereocenters. The van der Waals surface area contributed by atoms with Gasteiger partial charge in [-0.25, -0.2) is 0 Å². The number of thioether (sulfide) groups is 1. The SMILES string of the molecule is CCC1CSC(Nc2ccc(N3CCOCC3)cc2)=N1. The van der Waals surface area contributed by atoms with Crippen LogP contribution in [0.1, 0.15) is 13.3 Å². The Morgan fingerprint density at radius 1 is 1.30 bits per heavy atom. The number of amidine groups is 1. The second-order valence-corrected chi connectivity index (χ2v) is 6.09. The summed E-state index contributed by atoms with van der Waals surface area (Å²) < 4.78 is 5.38. The number of ether oxygens (including phenoxy) is 1. The van der Waals surface area contributed by atoms with Crippen molar-refractivity contribution in [3.8, 4) is 0 Å². The third-order valence-electron chi connectivity index (χ3n) is 3.68. The number of nitrogens with zero attached hydrogens (tertiary/aromatic N) is 2. The Bertz CT molecular complexity index is 469. The first kappa shape index (κ1) is 13.8. The maximum Gasteiger partial charge on any atom is 0.161 e. The Hall–Kier alpha value is -1.20. The molecule has 2 aliphatic rings. The molecule has 20 heavy (non-hydrogen) atoms. The molecule has 4 nitrogen and oxygen atoms in total. The maximum atomic E-state index is 5.38. The summed E-state index contributed by atoms with van der Waals surface area (Å²) in [6, 6.07) is 9.09. The molecule has 1 aromatic carbocycles. The molecule has 0 aliphatic carbocycles. The van der Waals surface area contributed by atoms with Gasteiger partial charge in [-0.2, -0.15) is 0 Å². The molecule has 0 bridgehead atoms. The number of benzene rings is 1. The van der Waals surface area contributed by atoms with Crippen molar-refractivity contribution in [2.45, 2.75) is 19.4 Å². The minimum Gasteiger partial charge on any atom is -0.378 e. The minimum absolute atomic E-state index is 0.482. The van der Waals surface area contributed by atoms with Crippen LogP contribution in [0.25, 0.3) is 0 Å². The van der Waals surface area contributed by atoms with Gasteiger partial charge in [-0.15, -0.1) is 0 Å². The molecule has 2 aliphatic heterocycles. The number of hydrogen-bond acceptors (Lipinski definition) is 5. The normalized spacial score (nSPS) is 22.8. The molecular formula is C15H21N3OS. The van der Waals surface area contributed by atoms with Crippen LogP contribution in [-0.2, 0) is 4.74 Å². The summed E-state index contributed by atoms with van der Waals surface area (Å²) >= 11 is 1.81. The number of morpholine rings is 1. The lowest BCUT2D eigenvalue weighted by Crippen LogP contribution is -2.36. The number of aliphatic imine (C=N–C) groups is 1. The highest BCUT2D eigenvalue weighted by atomic mass is 32.2. The summed E-state index contributed by atoms with van der Waals surface area (Å²) in [5, 5.41) is 4.46. The van der Waals surface area contributed by atoms with E-state index >= 15 is 0 Å². The molecule has 1 atom stereocenters. The van der Waals surface area contributed by atoms with Crippen molar-refractivity contribution < 1.29 is 4.74 Å². The van der Waals surface area contributed by atoms with Gasteiger partial charge < -0.3 is 15.0 Å². The van der Waals surface area contributed by atoms with Crippen molar-refractivity contribution in [3.05, 3.63) is 24.3 Å². The Morgan fingerprint density at radius 3 is 2.70 bits per heavy atom. The topological polar surface area (TPSA) is 36.9 Å². The second kappa shape index (κ2) is 6.50. The van der Waals surface area contributed by atoms with Crippen LogP contribution in [0.4, 0.5) is 11.4 Å². The molecule has 0 radical (unpaired) electrons. The largest absolute Gasteiger partial charge is 0.378 e. The summed E-state index contributed by atoms with van der Waals surface area (Å²) in [4.78, 5) is 7.02. The van der Waals surface area contributed by atoms with E-state index in [1.165, 1.54) is 5.69 Å². The fraction of sp³-hybridized carbons (Fsp3) is 0.533. The summed E-state index contributed by atoms with van der Waals surface area (Å²) in [6.45, 7) is 5.80. The fourth-order valence-electron chi connectivity index (χ4n) is 2.39. The Labute approximate surface area is 124 Å². The first-order valence-electron chi connectivity index (χ1n) is 7.25. The lowest BCUT2D eigenvalue weighted by molar-refractivity contribution is 0.122. The summed E-state index contributed by atoms with van der Waals surface area (Å²) in [6.07, 6.45) is 1.12. The lowest BCUT2D eigenvalue weighted by Gasteiger charge is -2.28. The van der Waals surface area contributed by atoms with Crippen molar-refractivity contribution in [1.82, 2.24) is 0 Å².